The Morgan fingerprint density at radius 2 is 1.94 bits per heavy atom. The van der Waals surface area contributed by atoms with Crippen LogP contribution in [0.25, 0.3) is 22.3 Å². The molecule has 36 heavy (non-hydrogen) atoms. The molecule has 0 saturated carbocycles. The van der Waals surface area contributed by atoms with E-state index in [0.29, 0.717) is 46.0 Å². The van der Waals surface area contributed by atoms with E-state index < -0.39 is 0 Å². The number of pyridine rings is 2. The number of fused-ring (bicyclic) bond motifs is 1. The summed E-state index contributed by atoms with van der Waals surface area (Å²) in [5.74, 6) is -0.170. The zero-order chi connectivity index (χ0) is 26.2. The van der Waals surface area contributed by atoms with Crippen molar-refractivity contribution in [2.45, 2.75) is 20.8 Å². The van der Waals surface area contributed by atoms with Crippen LogP contribution in [0.3, 0.4) is 0 Å². The molecule has 0 bridgehead atoms. The number of likely N-dealkylation sites (N-methyl/N-ethyl adjacent to an activating group) is 2. The number of carbonyl (C=O) groups is 1. The Labute approximate surface area is 217 Å². The van der Waals surface area contributed by atoms with Gasteiger partial charge in [0.25, 0.3) is 5.91 Å². The zero-order valence-corrected chi connectivity index (χ0v) is 22.3. The van der Waals surface area contributed by atoms with Gasteiger partial charge in [0.15, 0.2) is 0 Å². The number of halogens is 1. The molecule has 4 N–H and O–H groups in total. The number of hydrogen-bond acceptors (Lipinski definition) is 7. The van der Waals surface area contributed by atoms with Crippen molar-refractivity contribution >= 4 is 39.8 Å². The highest BCUT2D eigenvalue weighted by atomic mass is 35.5. The van der Waals surface area contributed by atoms with E-state index in [1.165, 1.54) is 6.20 Å². The fraction of sp³-hybridized carbons (Fsp3) is 0.333. The number of aliphatic imine (C=N–C) groups is 1. The van der Waals surface area contributed by atoms with Crippen LogP contribution in [-0.2, 0) is 0 Å². The van der Waals surface area contributed by atoms with Crippen LogP contribution in [0.1, 0.15) is 29.9 Å². The predicted molar refractivity (Wildman–Crippen MR) is 150 cm³/mol. The van der Waals surface area contributed by atoms with Crippen LogP contribution in [0.2, 0.25) is 5.02 Å². The van der Waals surface area contributed by atoms with Gasteiger partial charge in [-0.3, -0.25) is 9.79 Å². The Bertz CT molecular complexity index is 1300. The molecule has 190 valence electrons. The number of anilines is 1. The molecule has 0 fully saturated rings. The second kappa shape index (κ2) is 12.5. The van der Waals surface area contributed by atoms with Crippen LogP contribution in [-0.4, -0.2) is 66.8 Å². The average molecular weight is 508 g/mol. The van der Waals surface area contributed by atoms with Gasteiger partial charge < -0.3 is 21.3 Å². The third kappa shape index (κ3) is 6.38. The van der Waals surface area contributed by atoms with Gasteiger partial charge in [0.1, 0.15) is 0 Å². The number of nitrogens with zero attached hydrogens (tertiary/aromatic N) is 4. The second-order valence-corrected chi connectivity index (χ2v) is 8.93. The van der Waals surface area contributed by atoms with E-state index in [1.54, 1.807) is 30.1 Å². The topological polar surface area (TPSA) is 109 Å². The van der Waals surface area contributed by atoms with Gasteiger partial charge in [-0.2, -0.15) is 0 Å². The molecule has 2 heterocycles. The molecule has 9 heteroatoms. The molecule has 0 aliphatic rings. The third-order valence-electron chi connectivity index (χ3n) is 5.86. The van der Waals surface area contributed by atoms with Crippen LogP contribution in [0, 0.1) is 6.92 Å². The Balaban J connectivity index is 2.02. The zero-order valence-electron chi connectivity index (χ0n) is 21.5. The van der Waals surface area contributed by atoms with Crippen molar-refractivity contribution in [3.63, 3.8) is 0 Å². The summed E-state index contributed by atoms with van der Waals surface area (Å²) in [5, 5.41) is 7.70. The lowest BCUT2D eigenvalue weighted by molar-refractivity contribution is 0.0810. The molecule has 8 nitrogen and oxygen atoms in total. The molecule has 1 aromatic carbocycles. The van der Waals surface area contributed by atoms with Crippen LogP contribution in [0.4, 0.5) is 5.69 Å². The SMILES string of the molecule is CCN=C(C)C(=CN)CN(C)C(=O)c1cc(-c2ccc(NCCNC)c(C)n2)nc2ccc(Cl)cc12. The molecule has 0 saturated heterocycles. The number of nitrogens with two attached hydrogens (primary N) is 1. The van der Waals surface area contributed by atoms with Crippen molar-refractivity contribution in [1.29, 1.82) is 0 Å². The number of amides is 1. The number of hydrogen-bond donors (Lipinski definition) is 3. The third-order valence-corrected chi connectivity index (χ3v) is 6.09. The molecule has 0 spiro atoms. The molecular formula is C27H34ClN7O. The molecule has 0 atom stereocenters. The van der Waals surface area contributed by atoms with Gasteiger partial charge in [0.05, 0.1) is 33.8 Å². The first-order valence-corrected chi connectivity index (χ1v) is 12.3. The first-order chi connectivity index (χ1) is 17.3. The van der Waals surface area contributed by atoms with Crippen LogP contribution < -0.4 is 16.4 Å². The number of benzene rings is 1. The summed E-state index contributed by atoms with van der Waals surface area (Å²) < 4.78 is 0. The number of carbonyl (C=O) groups excluding carboxylic acids is 1. The number of nitrogens with one attached hydrogen (secondary N) is 2. The highest BCUT2D eigenvalue weighted by Gasteiger charge is 2.20. The molecule has 1 amide bonds. The lowest BCUT2D eigenvalue weighted by atomic mass is 10.0. The van der Waals surface area contributed by atoms with Crippen molar-refractivity contribution in [3.8, 4) is 11.4 Å². The molecule has 0 aliphatic heterocycles. The van der Waals surface area contributed by atoms with Crippen molar-refractivity contribution in [2.24, 2.45) is 10.7 Å². The highest BCUT2D eigenvalue weighted by Crippen LogP contribution is 2.28. The number of aryl methyl sites for hydroxylation is 1. The van der Waals surface area contributed by atoms with E-state index in [4.69, 9.17) is 27.3 Å². The van der Waals surface area contributed by atoms with Crippen molar-refractivity contribution in [3.05, 3.63) is 64.5 Å². The molecule has 0 unspecified atom stereocenters. The lowest BCUT2D eigenvalue weighted by Gasteiger charge is -2.20. The standard InChI is InChI=1S/C27H34ClN7O/c1-6-31-17(2)19(15-29)16-35(5)27(36)22-14-26(34-24-8-7-20(28)13-21(22)24)25-10-9-23(18(3)33-25)32-12-11-30-4/h7-10,13-15,30,32H,6,11-12,16,29H2,1-5H3. The Morgan fingerprint density at radius 1 is 1.17 bits per heavy atom. The second-order valence-electron chi connectivity index (χ2n) is 8.49. The van der Waals surface area contributed by atoms with Gasteiger partial charge in [-0.25, -0.2) is 9.97 Å². The summed E-state index contributed by atoms with van der Waals surface area (Å²) in [7, 11) is 3.66. The van der Waals surface area contributed by atoms with E-state index in [2.05, 4.69) is 15.6 Å². The van der Waals surface area contributed by atoms with Gasteiger partial charge in [0, 0.05) is 61.1 Å². The molecule has 0 aliphatic carbocycles. The molecule has 3 aromatic rings. The van der Waals surface area contributed by atoms with Gasteiger partial charge in [-0.15, -0.1) is 0 Å². The van der Waals surface area contributed by atoms with Crippen molar-refractivity contribution in [1.82, 2.24) is 20.2 Å². The summed E-state index contributed by atoms with van der Waals surface area (Å²) in [5.41, 5.74) is 11.7. The fourth-order valence-corrected chi connectivity index (χ4v) is 4.05. The van der Waals surface area contributed by atoms with E-state index >= 15 is 0 Å². The van der Waals surface area contributed by atoms with E-state index in [0.717, 1.165) is 35.8 Å². The minimum absolute atomic E-state index is 0.170. The first kappa shape index (κ1) is 27.1. The first-order valence-electron chi connectivity index (χ1n) is 11.9. The lowest BCUT2D eigenvalue weighted by Crippen LogP contribution is -2.31. The van der Waals surface area contributed by atoms with E-state index in [-0.39, 0.29) is 5.91 Å². The normalized spacial score (nSPS) is 12.2. The monoisotopic (exact) mass is 507 g/mol. The highest BCUT2D eigenvalue weighted by molar-refractivity contribution is 6.31. The van der Waals surface area contributed by atoms with Gasteiger partial charge >= 0.3 is 0 Å². The van der Waals surface area contributed by atoms with Crippen LogP contribution in [0.5, 0.6) is 0 Å². The summed E-state index contributed by atoms with van der Waals surface area (Å²) in [6.07, 6.45) is 1.50. The largest absolute Gasteiger partial charge is 0.404 e. The van der Waals surface area contributed by atoms with Gasteiger partial charge in [0.2, 0.25) is 0 Å². The minimum Gasteiger partial charge on any atom is -0.404 e. The quantitative estimate of drug-likeness (QED) is 0.279. The maximum absolute atomic E-state index is 13.7. The smallest absolute Gasteiger partial charge is 0.254 e. The predicted octanol–water partition coefficient (Wildman–Crippen LogP) is 4.29. The van der Waals surface area contributed by atoms with E-state index in [9.17, 15) is 4.79 Å². The van der Waals surface area contributed by atoms with Crippen molar-refractivity contribution < 1.29 is 4.79 Å². The summed E-state index contributed by atoms with van der Waals surface area (Å²) in [4.78, 5) is 29.3. The molecular weight excluding hydrogens is 474 g/mol. The maximum Gasteiger partial charge on any atom is 0.254 e. The van der Waals surface area contributed by atoms with Gasteiger partial charge in [-0.1, -0.05) is 11.6 Å². The molecule has 0 radical (unpaired) electrons. The summed E-state index contributed by atoms with van der Waals surface area (Å²) in [6, 6.07) is 11.0. The van der Waals surface area contributed by atoms with Crippen molar-refractivity contribution in [2.75, 3.05) is 45.6 Å². The molecule has 2 aromatic heterocycles. The summed E-state index contributed by atoms with van der Waals surface area (Å²) >= 11 is 6.29. The Morgan fingerprint density at radius 3 is 2.61 bits per heavy atom. The number of rotatable bonds is 10. The van der Waals surface area contributed by atoms with Gasteiger partial charge in [-0.05, 0) is 64.2 Å². The average Bonchev–Trinajstić information content (AvgIpc) is 2.87. The Kier molecular flexibility index (Phi) is 9.38. The maximum atomic E-state index is 13.7. The van der Waals surface area contributed by atoms with E-state index in [1.807, 2.05) is 46.0 Å². The van der Waals surface area contributed by atoms with Crippen LogP contribution in [0.15, 0.2) is 53.2 Å². The fourth-order valence-electron chi connectivity index (χ4n) is 3.88. The van der Waals surface area contributed by atoms with Crippen LogP contribution >= 0.6 is 11.6 Å². The molecule has 3 rings (SSSR count). The minimum atomic E-state index is -0.170. The number of aromatic nitrogens is 2. The summed E-state index contributed by atoms with van der Waals surface area (Å²) in [6.45, 7) is 8.42. The Hall–Kier alpha value is -3.49.